The molecule has 7 heteroatoms. The van der Waals surface area contributed by atoms with Gasteiger partial charge < -0.3 is 10.6 Å². The van der Waals surface area contributed by atoms with Crippen LogP contribution in [0.25, 0.3) is 11.4 Å². The van der Waals surface area contributed by atoms with Crippen molar-refractivity contribution >= 4 is 17.4 Å². The predicted octanol–water partition coefficient (Wildman–Crippen LogP) is 4.54. The van der Waals surface area contributed by atoms with Crippen LogP contribution in [-0.2, 0) is 6.54 Å². The molecule has 30 heavy (non-hydrogen) atoms. The van der Waals surface area contributed by atoms with Gasteiger partial charge in [0.15, 0.2) is 5.82 Å². The summed E-state index contributed by atoms with van der Waals surface area (Å²) in [5.74, 6) is 0.00385. The standard InChI is InChI=1S/C23H18FN5O/c24-17-9-6-11-18(13-17)27-23(30)20-14-21(26-15-19-10-4-5-12-25-19)29-22(28-20)16-7-2-1-3-8-16/h1-14H,15H2,(H,27,30)(H,26,28,29). The molecule has 2 heterocycles. The van der Waals surface area contributed by atoms with E-state index in [0.29, 0.717) is 23.9 Å². The Bertz CT molecular complexity index is 1150. The number of amides is 1. The van der Waals surface area contributed by atoms with E-state index in [-0.39, 0.29) is 5.69 Å². The Morgan fingerprint density at radius 3 is 2.50 bits per heavy atom. The summed E-state index contributed by atoms with van der Waals surface area (Å²) in [5, 5.41) is 5.86. The molecule has 0 bridgehead atoms. The van der Waals surface area contributed by atoms with Crippen LogP contribution >= 0.6 is 0 Å². The maximum absolute atomic E-state index is 13.4. The number of hydrogen-bond acceptors (Lipinski definition) is 5. The number of anilines is 2. The lowest BCUT2D eigenvalue weighted by Gasteiger charge is -2.11. The van der Waals surface area contributed by atoms with Crippen LogP contribution < -0.4 is 10.6 Å². The van der Waals surface area contributed by atoms with E-state index in [2.05, 4.69) is 25.6 Å². The highest BCUT2D eigenvalue weighted by Crippen LogP contribution is 2.19. The van der Waals surface area contributed by atoms with Gasteiger partial charge in [-0.15, -0.1) is 0 Å². The minimum Gasteiger partial charge on any atom is -0.364 e. The summed E-state index contributed by atoms with van der Waals surface area (Å²) in [4.78, 5) is 26.0. The number of rotatable bonds is 6. The van der Waals surface area contributed by atoms with Crippen molar-refractivity contribution in [2.45, 2.75) is 6.54 Å². The van der Waals surface area contributed by atoms with Crippen molar-refractivity contribution in [3.05, 3.63) is 102 Å². The molecular weight excluding hydrogens is 381 g/mol. The molecule has 1 amide bonds. The normalized spacial score (nSPS) is 10.4. The number of nitrogens with one attached hydrogen (secondary N) is 2. The molecule has 0 atom stereocenters. The minimum absolute atomic E-state index is 0.164. The third-order valence-corrected chi connectivity index (χ3v) is 4.25. The zero-order valence-electron chi connectivity index (χ0n) is 15.9. The molecule has 0 saturated heterocycles. The van der Waals surface area contributed by atoms with E-state index in [1.54, 1.807) is 18.3 Å². The lowest BCUT2D eigenvalue weighted by atomic mass is 10.2. The van der Waals surface area contributed by atoms with E-state index in [0.717, 1.165) is 11.3 Å². The summed E-state index contributed by atoms with van der Waals surface area (Å²) >= 11 is 0. The van der Waals surface area contributed by atoms with Crippen LogP contribution in [0.15, 0.2) is 85.1 Å². The molecule has 2 aromatic heterocycles. The molecule has 148 valence electrons. The fraction of sp³-hybridized carbons (Fsp3) is 0.0435. The van der Waals surface area contributed by atoms with Gasteiger partial charge in [-0.3, -0.25) is 9.78 Å². The Balaban J connectivity index is 1.63. The summed E-state index contributed by atoms with van der Waals surface area (Å²) < 4.78 is 13.4. The third-order valence-electron chi connectivity index (χ3n) is 4.25. The van der Waals surface area contributed by atoms with Crippen molar-refractivity contribution in [1.29, 1.82) is 0 Å². The number of benzene rings is 2. The number of carbonyl (C=O) groups is 1. The number of nitrogens with zero attached hydrogens (tertiary/aromatic N) is 3. The van der Waals surface area contributed by atoms with Gasteiger partial charge in [-0.1, -0.05) is 42.5 Å². The molecule has 0 spiro atoms. The number of hydrogen-bond donors (Lipinski definition) is 2. The summed E-state index contributed by atoms with van der Waals surface area (Å²) in [6.45, 7) is 0.442. The molecule has 0 fully saturated rings. The molecule has 0 radical (unpaired) electrons. The van der Waals surface area contributed by atoms with Crippen LogP contribution in [0.3, 0.4) is 0 Å². The van der Waals surface area contributed by atoms with Crippen molar-refractivity contribution in [2.75, 3.05) is 10.6 Å². The average Bonchev–Trinajstić information content (AvgIpc) is 2.79. The number of carbonyl (C=O) groups excluding carboxylic acids is 1. The highest BCUT2D eigenvalue weighted by Gasteiger charge is 2.14. The van der Waals surface area contributed by atoms with Crippen molar-refractivity contribution < 1.29 is 9.18 Å². The Morgan fingerprint density at radius 2 is 1.73 bits per heavy atom. The fourth-order valence-corrected chi connectivity index (χ4v) is 2.82. The third kappa shape index (κ3) is 4.82. The second-order valence-electron chi connectivity index (χ2n) is 6.47. The van der Waals surface area contributed by atoms with Crippen LogP contribution in [0.1, 0.15) is 16.2 Å². The van der Waals surface area contributed by atoms with Gasteiger partial charge in [0.25, 0.3) is 5.91 Å². The van der Waals surface area contributed by atoms with E-state index >= 15 is 0 Å². The van der Waals surface area contributed by atoms with Crippen LogP contribution in [0.5, 0.6) is 0 Å². The average molecular weight is 399 g/mol. The molecule has 4 aromatic rings. The Hall–Kier alpha value is -4.13. The van der Waals surface area contributed by atoms with Gasteiger partial charge in [-0.05, 0) is 30.3 Å². The number of halogens is 1. The second kappa shape index (κ2) is 8.91. The second-order valence-corrected chi connectivity index (χ2v) is 6.47. The van der Waals surface area contributed by atoms with E-state index in [4.69, 9.17) is 0 Å². The highest BCUT2D eigenvalue weighted by molar-refractivity contribution is 6.03. The molecule has 0 unspecified atom stereocenters. The molecule has 2 aromatic carbocycles. The van der Waals surface area contributed by atoms with Crippen LogP contribution in [-0.4, -0.2) is 20.9 Å². The van der Waals surface area contributed by atoms with Crippen LogP contribution in [0, 0.1) is 5.82 Å². The van der Waals surface area contributed by atoms with Crippen LogP contribution in [0.4, 0.5) is 15.9 Å². The summed E-state index contributed by atoms with van der Waals surface area (Å²) in [6, 6.07) is 22.3. The van der Waals surface area contributed by atoms with Gasteiger partial charge in [0.05, 0.1) is 12.2 Å². The first-order chi connectivity index (χ1) is 14.7. The molecule has 2 N–H and O–H groups in total. The largest absolute Gasteiger partial charge is 0.364 e. The monoisotopic (exact) mass is 399 g/mol. The molecule has 4 rings (SSSR count). The first-order valence-electron chi connectivity index (χ1n) is 9.32. The minimum atomic E-state index is -0.457. The maximum Gasteiger partial charge on any atom is 0.274 e. The molecular formula is C23H18FN5O. The topological polar surface area (TPSA) is 79.8 Å². The van der Waals surface area contributed by atoms with E-state index < -0.39 is 11.7 Å². The predicted molar refractivity (Wildman–Crippen MR) is 113 cm³/mol. The Labute approximate surface area is 172 Å². The quantitative estimate of drug-likeness (QED) is 0.498. The first kappa shape index (κ1) is 19.2. The maximum atomic E-state index is 13.4. The fourth-order valence-electron chi connectivity index (χ4n) is 2.82. The molecule has 0 saturated carbocycles. The molecule has 6 nitrogen and oxygen atoms in total. The lowest BCUT2D eigenvalue weighted by Crippen LogP contribution is -2.16. The van der Waals surface area contributed by atoms with Crippen molar-refractivity contribution in [1.82, 2.24) is 15.0 Å². The van der Waals surface area contributed by atoms with Crippen LogP contribution in [0.2, 0.25) is 0 Å². The molecule has 0 aliphatic rings. The van der Waals surface area contributed by atoms with Gasteiger partial charge in [0.1, 0.15) is 17.3 Å². The van der Waals surface area contributed by atoms with E-state index in [1.165, 1.54) is 18.2 Å². The number of aromatic nitrogens is 3. The Morgan fingerprint density at radius 1 is 0.900 bits per heavy atom. The molecule has 0 aliphatic heterocycles. The SMILES string of the molecule is O=C(Nc1cccc(F)c1)c1cc(NCc2ccccn2)nc(-c2ccccc2)n1. The lowest BCUT2D eigenvalue weighted by molar-refractivity contribution is 0.102. The van der Waals surface area contributed by atoms with E-state index in [9.17, 15) is 9.18 Å². The first-order valence-corrected chi connectivity index (χ1v) is 9.32. The highest BCUT2D eigenvalue weighted by atomic mass is 19.1. The zero-order chi connectivity index (χ0) is 20.8. The summed E-state index contributed by atoms with van der Waals surface area (Å²) in [7, 11) is 0. The summed E-state index contributed by atoms with van der Waals surface area (Å²) in [5.41, 5.74) is 2.13. The molecule has 0 aliphatic carbocycles. The van der Waals surface area contributed by atoms with Gasteiger partial charge >= 0.3 is 0 Å². The van der Waals surface area contributed by atoms with Gasteiger partial charge in [0, 0.05) is 23.5 Å². The smallest absolute Gasteiger partial charge is 0.274 e. The van der Waals surface area contributed by atoms with Crippen molar-refractivity contribution in [2.24, 2.45) is 0 Å². The Kier molecular flexibility index (Phi) is 5.70. The van der Waals surface area contributed by atoms with Gasteiger partial charge in [-0.2, -0.15) is 0 Å². The number of pyridine rings is 1. The van der Waals surface area contributed by atoms with E-state index in [1.807, 2.05) is 48.5 Å². The summed E-state index contributed by atoms with van der Waals surface area (Å²) in [6.07, 6.45) is 1.71. The van der Waals surface area contributed by atoms with Crippen molar-refractivity contribution in [3.8, 4) is 11.4 Å². The van der Waals surface area contributed by atoms with Gasteiger partial charge in [0.2, 0.25) is 0 Å². The zero-order valence-corrected chi connectivity index (χ0v) is 15.9. The van der Waals surface area contributed by atoms with Crippen molar-refractivity contribution in [3.63, 3.8) is 0 Å². The van der Waals surface area contributed by atoms with Gasteiger partial charge in [-0.25, -0.2) is 14.4 Å².